The number of aromatic nitrogens is 3. The van der Waals surface area contributed by atoms with Gasteiger partial charge in [0.25, 0.3) is 5.76 Å². The molecule has 3 rings (SSSR count). The first-order valence-corrected chi connectivity index (χ1v) is 9.33. The van der Waals surface area contributed by atoms with Gasteiger partial charge in [0.1, 0.15) is 17.3 Å². The molecule has 0 atom stereocenters. The molecule has 10 heteroatoms. The van der Waals surface area contributed by atoms with Gasteiger partial charge >= 0.3 is 0 Å². The number of H-pyrrole nitrogens is 1. The number of thioether (sulfide) groups is 1. The van der Waals surface area contributed by atoms with Crippen molar-refractivity contribution >= 4 is 30.2 Å². The third-order valence-electron chi connectivity index (χ3n) is 3.57. The second kappa shape index (κ2) is 8.96. The lowest BCUT2D eigenvalue weighted by Crippen LogP contribution is -2.00. The normalized spacial score (nSPS) is 11.6. The first-order chi connectivity index (χ1) is 13.0. The van der Waals surface area contributed by atoms with Crippen molar-refractivity contribution in [1.82, 2.24) is 14.9 Å². The number of nitrogens with zero attached hydrogens (tertiary/aromatic N) is 3. The summed E-state index contributed by atoms with van der Waals surface area (Å²) in [6, 6.07) is 10.9. The third kappa shape index (κ3) is 5.27. The Labute approximate surface area is 163 Å². The van der Waals surface area contributed by atoms with E-state index < -0.39 is 5.76 Å². The monoisotopic (exact) mass is 410 g/mol. The number of alkyl halides is 2. The van der Waals surface area contributed by atoms with Gasteiger partial charge < -0.3 is 9.15 Å². The molecule has 0 saturated heterocycles. The van der Waals surface area contributed by atoms with Gasteiger partial charge in [0.05, 0.1) is 19.1 Å². The number of benzene rings is 1. The summed E-state index contributed by atoms with van der Waals surface area (Å²) in [7, 11) is 1.61. The SMILES string of the molecule is COc1ccc(Cc2n[nH]c(=S)n2/N=C\c2ccc(CSC(F)F)o2)cc1. The maximum atomic E-state index is 12.2. The van der Waals surface area contributed by atoms with Gasteiger partial charge in [0, 0.05) is 6.42 Å². The van der Waals surface area contributed by atoms with Crippen LogP contribution >= 0.6 is 24.0 Å². The Balaban J connectivity index is 1.72. The molecule has 0 fully saturated rings. The van der Waals surface area contributed by atoms with E-state index in [1.807, 2.05) is 24.3 Å². The van der Waals surface area contributed by atoms with Crippen molar-refractivity contribution in [3.63, 3.8) is 0 Å². The van der Waals surface area contributed by atoms with Crippen LogP contribution in [0.25, 0.3) is 0 Å². The van der Waals surface area contributed by atoms with Crippen molar-refractivity contribution in [3.8, 4) is 5.75 Å². The van der Waals surface area contributed by atoms with Gasteiger partial charge in [-0.2, -0.15) is 23.7 Å². The number of aromatic amines is 1. The van der Waals surface area contributed by atoms with Gasteiger partial charge in [0.2, 0.25) is 4.77 Å². The fraction of sp³-hybridized carbons (Fsp3) is 0.235. The van der Waals surface area contributed by atoms with Crippen LogP contribution in [-0.2, 0) is 12.2 Å². The number of halogens is 2. The molecule has 27 heavy (non-hydrogen) atoms. The Bertz CT molecular complexity index is 964. The lowest BCUT2D eigenvalue weighted by atomic mass is 10.1. The zero-order chi connectivity index (χ0) is 19.2. The van der Waals surface area contributed by atoms with E-state index in [0.717, 1.165) is 11.3 Å². The maximum Gasteiger partial charge on any atom is 0.284 e. The Morgan fingerprint density at radius 2 is 2.11 bits per heavy atom. The summed E-state index contributed by atoms with van der Waals surface area (Å²) in [5.41, 5.74) is 1.02. The third-order valence-corrected chi connectivity index (χ3v) is 4.54. The summed E-state index contributed by atoms with van der Waals surface area (Å²) in [5.74, 6) is -0.0404. The van der Waals surface area contributed by atoms with Crippen molar-refractivity contribution in [2.45, 2.75) is 17.9 Å². The smallest absolute Gasteiger partial charge is 0.284 e. The van der Waals surface area contributed by atoms with Crippen molar-refractivity contribution in [1.29, 1.82) is 0 Å². The summed E-state index contributed by atoms with van der Waals surface area (Å²) < 4.78 is 36.9. The van der Waals surface area contributed by atoms with Crippen LogP contribution in [0.5, 0.6) is 5.75 Å². The van der Waals surface area contributed by atoms with E-state index in [1.165, 1.54) is 10.9 Å². The molecular weight excluding hydrogens is 394 g/mol. The van der Waals surface area contributed by atoms with Crippen LogP contribution < -0.4 is 4.74 Å². The Kier molecular flexibility index (Phi) is 6.40. The molecule has 0 amide bonds. The first-order valence-electron chi connectivity index (χ1n) is 7.87. The van der Waals surface area contributed by atoms with E-state index in [9.17, 15) is 8.78 Å². The topological polar surface area (TPSA) is 68.3 Å². The number of ether oxygens (including phenoxy) is 1. The van der Waals surface area contributed by atoms with Crippen LogP contribution in [0.15, 0.2) is 45.9 Å². The lowest BCUT2D eigenvalue weighted by Gasteiger charge is -2.03. The highest BCUT2D eigenvalue weighted by molar-refractivity contribution is 7.98. The van der Waals surface area contributed by atoms with Crippen molar-refractivity contribution < 1.29 is 17.9 Å². The summed E-state index contributed by atoms with van der Waals surface area (Å²) in [6.07, 6.45) is 1.99. The molecule has 0 bridgehead atoms. The van der Waals surface area contributed by atoms with Gasteiger partial charge in [-0.25, -0.2) is 0 Å². The summed E-state index contributed by atoms with van der Waals surface area (Å²) in [4.78, 5) is 0. The lowest BCUT2D eigenvalue weighted by molar-refractivity contribution is 0.251. The van der Waals surface area contributed by atoms with Crippen molar-refractivity contribution in [2.24, 2.45) is 5.10 Å². The van der Waals surface area contributed by atoms with Crippen LogP contribution in [-0.4, -0.2) is 34.0 Å². The van der Waals surface area contributed by atoms with E-state index in [2.05, 4.69) is 15.3 Å². The fourth-order valence-electron chi connectivity index (χ4n) is 2.28. The minimum absolute atomic E-state index is 0.0966. The van der Waals surface area contributed by atoms with Gasteiger partial charge in [-0.05, 0) is 42.0 Å². The van der Waals surface area contributed by atoms with Crippen LogP contribution in [0.1, 0.15) is 22.9 Å². The van der Waals surface area contributed by atoms with E-state index in [1.54, 1.807) is 19.2 Å². The van der Waals surface area contributed by atoms with Crippen LogP contribution in [0, 0.1) is 4.77 Å². The molecule has 1 aromatic carbocycles. The van der Waals surface area contributed by atoms with Gasteiger partial charge in [-0.3, -0.25) is 5.10 Å². The number of rotatable bonds is 8. The van der Waals surface area contributed by atoms with Crippen molar-refractivity contribution in [3.05, 3.63) is 64.1 Å². The molecule has 6 nitrogen and oxygen atoms in total. The second-order valence-electron chi connectivity index (χ2n) is 5.40. The molecule has 3 aromatic rings. The highest BCUT2D eigenvalue weighted by atomic mass is 32.2. The average Bonchev–Trinajstić information content (AvgIpc) is 3.26. The second-order valence-corrected chi connectivity index (χ2v) is 6.77. The zero-order valence-corrected chi connectivity index (χ0v) is 15.9. The van der Waals surface area contributed by atoms with E-state index in [0.29, 0.717) is 40.3 Å². The van der Waals surface area contributed by atoms with Crippen molar-refractivity contribution in [2.75, 3.05) is 7.11 Å². The molecule has 0 aliphatic rings. The minimum atomic E-state index is -2.43. The predicted molar refractivity (Wildman–Crippen MR) is 102 cm³/mol. The number of methoxy groups -OCH3 is 1. The molecule has 0 saturated carbocycles. The average molecular weight is 410 g/mol. The molecule has 1 N–H and O–H groups in total. The zero-order valence-electron chi connectivity index (χ0n) is 14.3. The summed E-state index contributed by atoms with van der Waals surface area (Å²) in [5, 5.41) is 11.2. The quantitative estimate of drug-likeness (QED) is 0.438. The molecule has 0 radical (unpaired) electrons. The van der Waals surface area contributed by atoms with Gasteiger partial charge in [-0.15, -0.1) is 0 Å². The highest BCUT2D eigenvalue weighted by Gasteiger charge is 2.08. The van der Waals surface area contributed by atoms with Crippen LogP contribution in [0.4, 0.5) is 8.78 Å². The Morgan fingerprint density at radius 3 is 2.81 bits per heavy atom. The molecule has 0 unspecified atom stereocenters. The number of hydrogen-bond acceptors (Lipinski definition) is 6. The van der Waals surface area contributed by atoms with E-state index in [-0.39, 0.29) is 5.75 Å². The number of hydrogen-bond donors (Lipinski definition) is 1. The maximum absolute atomic E-state index is 12.2. The molecular formula is C17H16F2N4O2S2. The molecule has 0 aliphatic carbocycles. The van der Waals surface area contributed by atoms with E-state index >= 15 is 0 Å². The summed E-state index contributed by atoms with van der Waals surface area (Å²) >= 11 is 5.72. The standard InChI is InChI=1S/C17H16F2N4O2S2/c1-24-12-4-2-11(3-5-12)8-15-21-22-17(26)23(15)20-9-13-6-7-14(25-13)10-27-16(18)19/h2-7,9,16H,8,10H2,1H3,(H,22,26)/b20-9-. The first kappa shape index (κ1) is 19.3. The number of nitrogens with one attached hydrogen (secondary N) is 1. The molecule has 0 aliphatic heterocycles. The number of furan rings is 1. The van der Waals surface area contributed by atoms with Gasteiger partial charge in [0.15, 0.2) is 5.82 Å². The fourth-order valence-corrected chi connectivity index (χ4v) is 2.93. The highest BCUT2D eigenvalue weighted by Crippen LogP contribution is 2.21. The summed E-state index contributed by atoms with van der Waals surface area (Å²) in [6.45, 7) is 0. The molecule has 2 heterocycles. The Morgan fingerprint density at radius 1 is 1.33 bits per heavy atom. The van der Waals surface area contributed by atoms with Gasteiger partial charge in [-0.1, -0.05) is 23.9 Å². The van der Waals surface area contributed by atoms with E-state index in [4.69, 9.17) is 21.4 Å². The largest absolute Gasteiger partial charge is 0.497 e. The molecule has 142 valence electrons. The predicted octanol–water partition coefficient (Wildman–Crippen LogP) is 4.47. The molecule has 0 spiro atoms. The Hall–Kier alpha value is -2.46. The minimum Gasteiger partial charge on any atom is -0.497 e. The van der Waals surface area contributed by atoms with Crippen LogP contribution in [0.3, 0.4) is 0 Å². The van der Waals surface area contributed by atoms with Crippen LogP contribution in [0.2, 0.25) is 0 Å². The molecule has 2 aromatic heterocycles.